The van der Waals surface area contributed by atoms with Gasteiger partial charge in [0.25, 0.3) is 5.91 Å². The minimum atomic E-state index is -0.137. The fourth-order valence-electron chi connectivity index (χ4n) is 2.73. The zero-order chi connectivity index (χ0) is 15.2. The summed E-state index contributed by atoms with van der Waals surface area (Å²) in [5.41, 5.74) is 2.89. The summed E-state index contributed by atoms with van der Waals surface area (Å²) < 4.78 is 0. The summed E-state index contributed by atoms with van der Waals surface area (Å²) in [7, 11) is 0. The lowest BCUT2D eigenvalue weighted by molar-refractivity contribution is 0.0946. The Labute approximate surface area is 131 Å². The maximum atomic E-state index is 11.9. The third kappa shape index (κ3) is 3.92. The molecule has 1 aliphatic heterocycles. The van der Waals surface area contributed by atoms with Crippen LogP contribution in [-0.4, -0.2) is 28.9 Å². The van der Waals surface area contributed by atoms with Crippen LogP contribution in [-0.2, 0) is 13.1 Å². The highest BCUT2D eigenvalue weighted by Gasteiger charge is 2.11. The number of hydrogen-bond donors (Lipinski definition) is 1. The molecule has 0 bridgehead atoms. The van der Waals surface area contributed by atoms with Gasteiger partial charge in [-0.2, -0.15) is 0 Å². The van der Waals surface area contributed by atoms with Gasteiger partial charge < -0.3 is 5.32 Å². The fourth-order valence-corrected chi connectivity index (χ4v) is 2.73. The molecular weight excluding hydrogens is 274 g/mol. The van der Waals surface area contributed by atoms with Crippen molar-refractivity contribution in [1.29, 1.82) is 0 Å². The van der Waals surface area contributed by atoms with E-state index in [9.17, 15) is 4.79 Å². The van der Waals surface area contributed by atoms with E-state index < -0.39 is 0 Å². The van der Waals surface area contributed by atoms with Gasteiger partial charge in [-0.3, -0.25) is 14.7 Å². The number of benzene rings is 1. The van der Waals surface area contributed by atoms with Crippen molar-refractivity contribution in [2.45, 2.75) is 25.9 Å². The summed E-state index contributed by atoms with van der Waals surface area (Å²) in [4.78, 5) is 18.5. The van der Waals surface area contributed by atoms with E-state index in [1.807, 2.05) is 6.07 Å². The number of rotatable bonds is 5. The highest BCUT2D eigenvalue weighted by atomic mass is 16.1. The molecule has 0 saturated carbocycles. The van der Waals surface area contributed by atoms with E-state index in [1.165, 1.54) is 31.5 Å². The van der Waals surface area contributed by atoms with Crippen LogP contribution < -0.4 is 5.32 Å². The molecule has 1 fully saturated rings. The molecule has 2 heterocycles. The van der Waals surface area contributed by atoms with Gasteiger partial charge in [0, 0.05) is 19.3 Å². The Morgan fingerprint density at radius 3 is 2.45 bits per heavy atom. The number of likely N-dealkylation sites (tertiary alicyclic amines) is 1. The van der Waals surface area contributed by atoms with Crippen molar-refractivity contribution in [2.75, 3.05) is 13.1 Å². The first-order valence-corrected chi connectivity index (χ1v) is 7.81. The number of nitrogens with zero attached hydrogens (tertiary/aromatic N) is 2. The van der Waals surface area contributed by atoms with Crippen LogP contribution >= 0.6 is 0 Å². The quantitative estimate of drug-likeness (QED) is 0.922. The van der Waals surface area contributed by atoms with Gasteiger partial charge >= 0.3 is 0 Å². The van der Waals surface area contributed by atoms with E-state index in [2.05, 4.69) is 39.5 Å². The SMILES string of the molecule is O=C(NCc1ccc(CN2CCCC2)cc1)c1ccccn1. The maximum Gasteiger partial charge on any atom is 0.270 e. The molecule has 1 amide bonds. The van der Waals surface area contributed by atoms with Crippen LogP contribution in [0.4, 0.5) is 0 Å². The van der Waals surface area contributed by atoms with Crippen molar-refractivity contribution in [3.05, 3.63) is 65.5 Å². The van der Waals surface area contributed by atoms with E-state index in [1.54, 1.807) is 18.3 Å². The number of amides is 1. The summed E-state index contributed by atoms with van der Waals surface area (Å²) in [6.07, 6.45) is 4.26. The van der Waals surface area contributed by atoms with Crippen LogP contribution in [0.5, 0.6) is 0 Å². The Morgan fingerprint density at radius 1 is 1.05 bits per heavy atom. The molecule has 4 heteroatoms. The highest BCUT2D eigenvalue weighted by Crippen LogP contribution is 2.13. The number of carbonyl (C=O) groups is 1. The number of pyridine rings is 1. The molecule has 1 N–H and O–H groups in total. The molecule has 114 valence electrons. The van der Waals surface area contributed by atoms with Crippen LogP contribution in [0.15, 0.2) is 48.7 Å². The van der Waals surface area contributed by atoms with Crippen molar-refractivity contribution >= 4 is 5.91 Å². The van der Waals surface area contributed by atoms with Gasteiger partial charge in [-0.1, -0.05) is 30.3 Å². The highest BCUT2D eigenvalue weighted by molar-refractivity contribution is 5.92. The van der Waals surface area contributed by atoms with Gasteiger partial charge in [0.05, 0.1) is 0 Å². The lowest BCUT2D eigenvalue weighted by atomic mass is 10.1. The van der Waals surface area contributed by atoms with E-state index in [0.717, 1.165) is 12.1 Å². The summed E-state index contributed by atoms with van der Waals surface area (Å²) in [6.45, 7) is 3.98. The average Bonchev–Trinajstić information content (AvgIpc) is 3.08. The molecular formula is C18H21N3O. The number of nitrogens with one attached hydrogen (secondary N) is 1. The molecule has 1 aromatic carbocycles. The largest absolute Gasteiger partial charge is 0.347 e. The minimum Gasteiger partial charge on any atom is -0.347 e. The van der Waals surface area contributed by atoms with E-state index in [-0.39, 0.29) is 5.91 Å². The van der Waals surface area contributed by atoms with Crippen molar-refractivity contribution < 1.29 is 4.79 Å². The molecule has 1 aromatic heterocycles. The monoisotopic (exact) mass is 295 g/mol. The topological polar surface area (TPSA) is 45.2 Å². The summed E-state index contributed by atoms with van der Waals surface area (Å²) >= 11 is 0. The summed E-state index contributed by atoms with van der Waals surface area (Å²) in [5, 5.41) is 2.90. The summed E-state index contributed by atoms with van der Waals surface area (Å²) in [5.74, 6) is -0.137. The first-order chi connectivity index (χ1) is 10.8. The van der Waals surface area contributed by atoms with Crippen molar-refractivity contribution in [1.82, 2.24) is 15.2 Å². The molecule has 0 radical (unpaired) electrons. The second-order valence-electron chi connectivity index (χ2n) is 5.70. The zero-order valence-electron chi connectivity index (χ0n) is 12.7. The molecule has 22 heavy (non-hydrogen) atoms. The van der Waals surface area contributed by atoms with Crippen molar-refractivity contribution in [2.24, 2.45) is 0 Å². The second-order valence-corrected chi connectivity index (χ2v) is 5.70. The predicted octanol–water partition coefficient (Wildman–Crippen LogP) is 2.61. The minimum absolute atomic E-state index is 0.137. The molecule has 1 saturated heterocycles. The molecule has 4 nitrogen and oxygen atoms in total. The van der Waals surface area contributed by atoms with Crippen molar-refractivity contribution in [3.8, 4) is 0 Å². The Balaban J connectivity index is 1.51. The van der Waals surface area contributed by atoms with E-state index in [0.29, 0.717) is 12.2 Å². The zero-order valence-corrected chi connectivity index (χ0v) is 12.7. The Kier molecular flexibility index (Phi) is 4.81. The number of carbonyl (C=O) groups excluding carboxylic acids is 1. The van der Waals surface area contributed by atoms with Gasteiger partial charge in [-0.25, -0.2) is 0 Å². The normalized spacial score (nSPS) is 14.9. The smallest absolute Gasteiger partial charge is 0.270 e. The van der Waals surface area contributed by atoms with Gasteiger partial charge in [-0.15, -0.1) is 0 Å². The first-order valence-electron chi connectivity index (χ1n) is 7.81. The van der Waals surface area contributed by atoms with E-state index in [4.69, 9.17) is 0 Å². The van der Waals surface area contributed by atoms with Crippen LogP contribution in [0.3, 0.4) is 0 Å². The van der Waals surface area contributed by atoms with Crippen LogP contribution in [0.25, 0.3) is 0 Å². The van der Waals surface area contributed by atoms with E-state index >= 15 is 0 Å². The molecule has 0 unspecified atom stereocenters. The number of hydrogen-bond acceptors (Lipinski definition) is 3. The number of aromatic nitrogens is 1. The first kappa shape index (κ1) is 14.7. The Hall–Kier alpha value is -2.20. The lowest BCUT2D eigenvalue weighted by Crippen LogP contribution is -2.23. The Bertz CT molecular complexity index is 604. The fraction of sp³-hybridized carbons (Fsp3) is 0.333. The maximum absolute atomic E-state index is 11.9. The molecule has 3 rings (SSSR count). The standard InChI is InChI=1S/C18H21N3O/c22-18(17-5-1-2-10-19-17)20-13-15-6-8-16(9-7-15)14-21-11-3-4-12-21/h1-2,5-10H,3-4,11-14H2,(H,20,22). The molecule has 2 aromatic rings. The van der Waals surface area contributed by atoms with Gasteiger partial charge in [0.2, 0.25) is 0 Å². The average molecular weight is 295 g/mol. The van der Waals surface area contributed by atoms with Gasteiger partial charge in [0.15, 0.2) is 0 Å². The Morgan fingerprint density at radius 2 is 1.77 bits per heavy atom. The van der Waals surface area contributed by atoms with Crippen LogP contribution in [0.2, 0.25) is 0 Å². The molecule has 1 aliphatic rings. The molecule has 0 spiro atoms. The second kappa shape index (κ2) is 7.18. The third-order valence-electron chi connectivity index (χ3n) is 3.98. The van der Waals surface area contributed by atoms with Crippen LogP contribution in [0, 0.1) is 0 Å². The van der Waals surface area contributed by atoms with Gasteiger partial charge in [-0.05, 0) is 49.2 Å². The van der Waals surface area contributed by atoms with Crippen LogP contribution in [0.1, 0.15) is 34.5 Å². The summed E-state index contributed by atoms with van der Waals surface area (Å²) in [6, 6.07) is 13.8. The van der Waals surface area contributed by atoms with Crippen molar-refractivity contribution in [3.63, 3.8) is 0 Å². The molecule has 0 atom stereocenters. The van der Waals surface area contributed by atoms with Gasteiger partial charge in [0.1, 0.15) is 5.69 Å². The molecule has 0 aliphatic carbocycles. The predicted molar refractivity (Wildman–Crippen MR) is 86.4 cm³/mol. The lowest BCUT2D eigenvalue weighted by Gasteiger charge is -2.14. The third-order valence-corrected chi connectivity index (χ3v) is 3.98.